The number of carbonyl (C=O) groups excluding carboxylic acids is 1. The van der Waals surface area contributed by atoms with Gasteiger partial charge < -0.3 is 15.4 Å². The van der Waals surface area contributed by atoms with Crippen molar-refractivity contribution in [2.24, 2.45) is 0 Å². The predicted molar refractivity (Wildman–Crippen MR) is 86.9 cm³/mol. The van der Waals surface area contributed by atoms with Gasteiger partial charge in [-0.05, 0) is 37.1 Å². The van der Waals surface area contributed by atoms with Crippen LogP contribution in [0.5, 0.6) is 5.75 Å². The highest BCUT2D eigenvalue weighted by Gasteiger charge is 2.05. The zero-order valence-electron chi connectivity index (χ0n) is 12.9. The SMILES string of the molecule is CCC(C)Oc1cccc(NC(=O)NCc2cccnc2)c1. The fourth-order valence-corrected chi connectivity index (χ4v) is 1.82. The Kier molecular flexibility index (Phi) is 5.77. The zero-order valence-corrected chi connectivity index (χ0v) is 12.9. The van der Waals surface area contributed by atoms with Crippen molar-refractivity contribution < 1.29 is 9.53 Å². The number of hydrogen-bond acceptors (Lipinski definition) is 3. The van der Waals surface area contributed by atoms with Gasteiger partial charge in [0.25, 0.3) is 0 Å². The van der Waals surface area contributed by atoms with Gasteiger partial charge in [0.2, 0.25) is 0 Å². The molecule has 0 aliphatic heterocycles. The summed E-state index contributed by atoms with van der Waals surface area (Å²) >= 11 is 0. The highest BCUT2D eigenvalue weighted by Crippen LogP contribution is 2.19. The largest absolute Gasteiger partial charge is 0.491 e. The third-order valence-electron chi connectivity index (χ3n) is 3.18. The molecule has 22 heavy (non-hydrogen) atoms. The second-order valence-corrected chi connectivity index (χ2v) is 5.03. The topological polar surface area (TPSA) is 63.2 Å². The minimum atomic E-state index is -0.260. The van der Waals surface area contributed by atoms with Crippen molar-refractivity contribution in [3.8, 4) is 5.75 Å². The minimum absolute atomic E-state index is 0.148. The Balaban J connectivity index is 1.87. The van der Waals surface area contributed by atoms with Crippen molar-refractivity contribution in [1.29, 1.82) is 0 Å². The Bertz CT molecular complexity index is 602. The number of ether oxygens (including phenoxy) is 1. The molecule has 2 aromatic rings. The van der Waals surface area contributed by atoms with Crippen molar-refractivity contribution in [3.05, 3.63) is 54.4 Å². The summed E-state index contributed by atoms with van der Waals surface area (Å²) in [6.07, 6.45) is 4.51. The third kappa shape index (κ3) is 5.09. The van der Waals surface area contributed by atoms with E-state index in [9.17, 15) is 4.79 Å². The molecule has 0 spiro atoms. The molecule has 0 radical (unpaired) electrons. The van der Waals surface area contributed by atoms with Crippen LogP contribution in [0.3, 0.4) is 0 Å². The zero-order chi connectivity index (χ0) is 15.8. The molecule has 1 unspecified atom stereocenters. The molecule has 2 rings (SSSR count). The number of carbonyl (C=O) groups is 1. The van der Waals surface area contributed by atoms with Crippen LogP contribution in [0.1, 0.15) is 25.8 Å². The molecular weight excluding hydrogens is 278 g/mol. The van der Waals surface area contributed by atoms with Gasteiger partial charge in [-0.1, -0.05) is 19.1 Å². The van der Waals surface area contributed by atoms with Crippen molar-refractivity contribution in [2.45, 2.75) is 32.9 Å². The first-order valence-electron chi connectivity index (χ1n) is 7.38. The van der Waals surface area contributed by atoms with E-state index in [0.717, 1.165) is 17.7 Å². The lowest BCUT2D eigenvalue weighted by Crippen LogP contribution is -2.28. The molecular formula is C17H21N3O2. The summed E-state index contributed by atoms with van der Waals surface area (Å²) in [7, 11) is 0. The standard InChI is InChI=1S/C17H21N3O2/c1-3-13(2)22-16-8-4-7-15(10-16)20-17(21)19-12-14-6-5-9-18-11-14/h4-11,13H,3,12H2,1-2H3,(H2,19,20,21). The van der Waals surface area contributed by atoms with Crippen LogP contribution in [0.25, 0.3) is 0 Å². The number of nitrogens with zero attached hydrogens (tertiary/aromatic N) is 1. The van der Waals surface area contributed by atoms with Gasteiger partial charge in [0.1, 0.15) is 5.75 Å². The van der Waals surface area contributed by atoms with E-state index in [-0.39, 0.29) is 12.1 Å². The molecule has 2 N–H and O–H groups in total. The molecule has 0 aliphatic carbocycles. The van der Waals surface area contributed by atoms with Crippen molar-refractivity contribution in [2.75, 3.05) is 5.32 Å². The van der Waals surface area contributed by atoms with Crippen molar-refractivity contribution in [1.82, 2.24) is 10.3 Å². The number of aromatic nitrogens is 1. The first-order valence-corrected chi connectivity index (χ1v) is 7.38. The highest BCUT2D eigenvalue weighted by molar-refractivity contribution is 5.89. The van der Waals surface area contributed by atoms with Crippen LogP contribution in [0.2, 0.25) is 0 Å². The summed E-state index contributed by atoms with van der Waals surface area (Å²) in [5.74, 6) is 0.749. The maximum Gasteiger partial charge on any atom is 0.319 e. The number of rotatable bonds is 6. The molecule has 116 valence electrons. The second-order valence-electron chi connectivity index (χ2n) is 5.03. The summed E-state index contributed by atoms with van der Waals surface area (Å²) in [5, 5.41) is 5.58. The van der Waals surface area contributed by atoms with E-state index in [0.29, 0.717) is 12.2 Å². The first-order chi connectivity index (χ1) is 10.7. The number of amides is 2. The number of nitrogens with one attached hydrogen (secondary N) is 2. The fourth-order valence-electron chi connectivity index (χ4n) is 1.82. The number of hydrogen-bond donors (Lipinski definition) is 2. The highest BCUT2D eigenvalue weighted by atomic mass is 16.5. The molecule has 5 heteroatoms. The van der Waals surface area contributed by atoms with Crippen molar-refractivity contribution >= 4 is 11.7 Å². The van der Waals surface area contributed by atoms with Crippen LogP contribution >= 0.6 is 0 Å². The van der Waals surface area contributed by atoms with E-state index in [1.807, 2.05) is 43.3 Å². The average molecular weight is 299 g/mol. The molecule has 0 saturated carbocycles. The van der Waals surface area contributed by atoms with Gasteiger partial charge in [0.15, 0.2) is 0 Å². The van der Waals surface area contributed by atoms with E-state index in [1.54, 1.807) is 12.4 Å². The Hall–Kier alpha value is -2.56. The van der Waals surface area contributed by atoms with Gasteiger partial charge in [-0.15, -0.1) is 0 Å². The molecule has 1 aromatic carbocycles. The Morgan fingerprint density at radius 1 is 1.32 bits per heavy atom. The third-order valence-corrected chi connectivity index (χ3v) is 3.18. The number of anilines is 1. The minimum Gasteiger partial charge on any atom is -0.491 e. The second kappa shape index (κ2) is 8.02. The summed E-state index contributed by atoms with van der Waals surface area (Å²) in [4.78, 5) is 15.9. The predicted octanol–water partition coefficient (Wildman–Crippen LogP) is 3.58. The molecule has 1 aromatic heterocycles. The Labute approximate surface area is 130 Å². The molecule has 0 aliphatic rings. The van der Waals surface area contributed by atoms with E-state index in [4.69, 9.17) is 4.74 Å². The molecule has 0 fully saturated rings. The summed E-state index contributed by atoms with van der Waals surface area (Å²) < 4.78 is 5.74. The summed E-state index contributed by atoms with van der Waals surface area (Å²) in [6.45, 7) is 4.52. The average Bonchev–Trinajstić information content (AvgIpc) is 2.54. The van der Waals surface area contributed by atoms with Crippen LogP contribution in [0.4, 0.5) is 10.5 Å². The Morgan fingerprint density at radius 3 is 2.91 bits per heavy atom. The molecule has 1 atom stereocenters. The number of urea groups is 1. The molecule has 0 bridgehead atoms. The van der Waals surface area contributed by atoms with Crippen molar-refractivity contribution in [3.63, 3.8) is 0 Å². The summed E-state index contributed by atoms with van der Waals surface area (Å²) in [5.41, 5.74) is 1.65. The van der Waals surface area contributed by atoms with Crippen LogP contribution in [0.15, 0.2) is 48.8 Å². The lowest BCUT2D eigenvalue weighted by molar-refractivity contribution is 0.217. The maximum atomic E-state index is 11.9. The summed E-state index contributed by atoms with van der Waals surface area (Å²) in [6, 6.07) is 10.9. The van der Waals surface area contributed by atoms with Gasteiger partial charge in [0.05, 0.1) is 6.10 Å². The smallest absolute Gasteiger partial charge is 0.319 e. The normalized spacial score (nSPS) is 11.5. The lowest BCUT2D eigenvalue weighted by Gasteiger charge is -2.14. The molecule has 2 amide bonds. The van der Waals surface area contributed by atoms with Crippen LogP contribution in [-0.2, 0) is 6.54 Å². The van der Waals surface area contributed by atoms with Gasteiger partial charge in [0, 0.05) is 30.7 Å². The van der Waals surface area contributed by atoms with E-state index < -0.39 is 0 Å². The van der Waals surface area contributed by atoms with Gasteiger partial charge in [-0.25, -0.2) is 4.79 Å². The maximum absolute atomic E-state index is 11.9. The fraction of sp³-hybridized carbons (Fsp3) is 0.294. The molecule has 0 saturated heterocycles. The van der Waals surface area contributed by atoms with Crippen LogP contribution < -0.4 is 15.4 Å². The quantitative estimate of drug-likeness (QED) is 0.857. The number of benzene rings is 1. The van der Waals surface area contributed by atoms with Gasteiger partial charge in [-0.2, -0.15) is 0 Å². The van der Waals surface area contributed by atoms with Gasteiger partial charge in [-0.3, -0.25) is 4.98 Å². The number of pyridine rings is 1. The Morgan fingerprint density at radius 2 is 2.18 bits per heavy atom. The van der Waals surface area contributed by atoms with E-state index in [2.05, 4.69) is 22.5 Å². The van der Waals surface area contributed by atoms with Crippen LogP contribution in [-0.4, -0.2) is 17.1 Å². The van der Waals surface area contributed by atoms with Gasteiger partial charge >= 0.3 is 6.03 Å². The molecule has 5 nitrogen and oxygen atoms in total. The molecule has 1 heterocycles. The lowest BCUT2D eigenvalue weighted by atomic mass is 10.2. The first kappa shape index (κ1) is 15.8. The van der Waals surface area contributed by atoms with Crippen LogP contribution in [0, 0.1) is 0 Å². The monoisotopic (exact) mass is 299 g/mol. The van der Waals surface area contributed by atoms with E-state index in [1.165, 1.54) is 0 Å². The van der Waals surface area contributed by atoms with E-state index >= 15 is 0 Å².